The van der Waals surface area contributed by atoms with Crippen molar-refractivity contribution < 1.29 is 19.0 Å². The van der Waals surface area contributed by atoms with Gasteiger partial charge in [0.2, 0.25) is 0 Å². The van der Waals surface area contributed by atoms with Gasteiger partial charge in [-0.3, -0.25) is 0 Å². The second-order valence-corrected chi connectivity index (χ2v) is 7.41. The Bertz CT molecular complexity index is 1380. The van der Waals surface area contributed by atoms with Crippen LogP contribution in [0.15, 0.2) is 59.4 Å². The van der Waals surface area contributed by atoms with Crippen LogP contribution in [0, 0.1) is 5.82 Å². The first kappa shape index (κ1) is 18.3. The molecule has 0 unspecified atom stereocenters. The molecule has 2 N–H and O–H groups in total. The minimum Gasteiger partial charge on any atom is -0.487 e. The van der Waals surface area contributed by atoms with E-state index in [1.807, 2.05) is 17.5 Å². The number of aromatic carboxylic acids is 1. The van der Waals surface area contributed by atoms with Crippen LogP contribution in [0.2, 0.25) is 0 Å². The van der Waals surface area contributed by atoms with Crippen LogP contribution in [0.5, 0.6) is 5.75 Å². The summed E-state index contributed by atoms with van der Waals surface area (Å²) in [7, 11) is 0. The van der Waals surface area contributed by atoms with Gasteiger partial charge in [0.25, 0.3) is 0 Å². The maximum Gasteiger partial charge on any atom is 0.354 e. The quantitative estimate of drug-likeness (QED) is 0.406. The van der Waals surface area contributed by atoms with Gasteiger partial charge in [0.05, 0.1) is 22.4 Å². The van der Waals surface area contributed by atoms with Gasteiger partial charge in [0, 0.05) is 27.2 Å². The van der Waals surface area contributed by atoms with Crippen molar-refractivity contribution in [3.8, 4) is 17.0 Å². The maximum atomic E-state index is 13.7. The fourth-order valence-electron chi connectivity index (χ4n) is 3.37. The van der Waals surface area contributed by atoms with Crippen LogP contribution in [0.3, 0.4) is 0 Å². The van der Waals surface area contributed by atoms with Crippen LogP contribution in [0.1, 0.15) is 16.2 Å². The molecule has 2 aromatic carbocycles. The molecular weight excluding hydrogens is 405 g/mol. The van der Waals surface area contributed by atoms with Crippen molar-refractivity contribution in [1.29, 1.82) is 0 Å². The van der Waals surface area contributed by atoms with E-state index in [0.717, 1.165) is 16.6 Å². The number of aromatic nitrogens is 3. The molecule has 0 aliphatic carbocycles. The summed E-state index contributed by atoms with van der Waals surface area (Å²) in [5, 5.41) is 12.9. The Labute approximate surface area is 173 Å². The smallest absolute Gasteiger partial charge is 0.354 e. The van der Waals surface area contributed by atoms with Crippen LogP contribution in [0.4, 0.5) is 4.39 Å². The molecule has 0 saturated heterocycles. The third kappa shape index (κ3) is 3.27. The number of aromatic amines is 1. The summed E-state index contributed by atoms with van der Waals surface area (Å²) in [4.78, 5) is 23.3. The van der Waals surface area contributed by atoms with E-state index < -0.39 is 5.97 Å². The molecule has 0 amide bonds. The predicted octanol–water partition coefficient (Wildman–Crippen LogP) is 5.26. The van der Waals surface area contributed by atoms with Crippen molar-refractivity contribution in [1.82, 2.24) is 15.0 Å². The second-order valence-electron chi connectivity index (χ2n) is 6.69. The number of carboxylic acid groups (broad SMARTS) is 1. The van der Waals surface area contributed by atoms with Gasteiger partial charge in [-0.25, -0.2) is 19.2 Å². The number of benzene rings is 2. The number of thiazole rings is 1. The molecule has 0 fully saturated rings. The highest BCUT2D eigenvalue weighted by Gasteiger charge is 2.17. The average Bonchev–Trinajstić information content (AvgIpc) is 3.39. The molecule has 148 valence electrons. The molecule has 6 nitrogen and oxygen atoms in total. The molecule has 0 spiro atoms. The van der Waals surface area contributed by atoms with Gasteiger partial charge in [0.1, 0.15) is 23.9 Å². The number of nitrogens with one attached hydrogen (secondary N) is 1. The number of pyridine rings is 1. The fourth-order valence-corrected chi connectivity index (χ4v) is 3.91. The Balaban J connectivity index is 1.58. The van der Waals surface area contributed by atoms with Gasteiger partial charge < -0.3 is 14.8 Å². The number of hydrogen-bond acceptors (Lipinski definition) is 5. The number of carboxylic acids is 1. The van der Waals surface area contributed by atoms with E-state index >= 15 is 0 Å². The number of halogens is 1. The highest BCUT2D eigenvalue weighted by atomic mass is 32.1. The molecule has 0 atom stereocenters. The van der Waals surface area contributed by atoms with Gasteiger partial charge in [-0.05, 0) is 48.5 Å². The zero-order chi connectivity index (χ0) is 20.7. The summed E-state index contributed by atoms with van der Waals surface area (Å²) in [5.74, 6) is -0.836. The number of fused-ring (bicyclic) bond motifs is 3. The predicted molar refractivity (Wildman–Crippen MR) is 112 cm³/mol. The summed E-state index contributed by atoms with van der Waals surface area (Å²) >= 11 is 1.51. The fraction of sp³-hybridized carbons (Fsp3) is 0.0455. The average molecular weight is 419 g/mol. The number of rotatable bonds is 5. The zero-order valence-corrected chi connectivity index (χ0v) is 16.2. The Hall–Kier alpha value is -3.78. The topological polar surface area (TPSA) is 88.1 Å². The van der Waals surface area contributed by atoms with E-state index in [0.29, 0.717) is 34.5 Å². The lowest BCUT2D eigenvalue weighted by Gasteiger charge is -2.08. The molecule has 30 heavy (non-hydrogen) atoms. The lowest BCUT2D eigenvalue weighted by Crippen LogP contribution is -2.01. The van der Waals surface area contributed by atoms with Crippen molar-refractivity contribution in [2.45, 2.75) is 6.61 Å². The number of hydrogen-bond donors (Lipinski definition) is 2. The number of H-pyrrole nitrogens is 1. The summed E-state index contributed by atoms with van der Waals surface area (Å²) in [5.41, 5.74) is 4.96. The lowest BCUT2D eigenvalue weighted by atomic mass is 10.1. The molecule has 0 bridgehead atoms. The van der Waals surface area contributed by atoms with E-state index in [1.54, 1.807) is 23.7 Å². The van der Waals surface area contributed by atoms with E-state index in [2.05, 4.69) is 15.0 Å². The molecule has 3 aromatic heterocycles. The van der Waals surface area contributed by atoms with Crippen LogP contribution in [0.25, 0.3) is 33.1 Å². The largest absolute Gasteiger partial charge is 0.487 e. The maximum absolute atomic E-state index is 13.7. The molecule has 0 radical (unpaired) electrons. The minimum absolute atomic E-state index is 0.0772. The Morgan fingerprint density at radius 1 is 1.13 bits per heavy atom. The van der Waals surface area contributed by atoms with Gasteiger partial charge in [0.15, 0.2) is 0 Å². The number of carbonyl (C=O) groups is 1. The molecule has 5 aromatic rings. The Kier molecular flexibility index (Phi) is 4.40. The Morgan fingerprint density at radius 3 is 2.70 bits per heavy atom. The van der Waals surface area contributed by atoms with Gasteiger partial charge in [-0.1, -0.05) is 0 Å². The normalized spacial score (nSPS) is 11.2. The molecule has 3 heterocycles. The van der Waals surface area contributed by atoms with E-state index in [4.69, 9.17) is 4.74 Å². The molecule has 0 aliphatic rings. The number of nitrogens with zero attached hydrogens (tertiary/aromatic N) is 2. The van der Waals surface area contributed by atoms with E-state index in [1.165, 1.54) is 29.5 Å². The van der Waals surface area contributed by atoms with Crippen molar-refractivity contribution in [2.75, 3.05) is 0 Å². The van der Waals surface area contributed by atoms with Crippen molar-refractivity contribution >= 4 is 39.1 Å². The summed E-state index contributed by atoms with van der Waals surface area (Å²) in [6.45, 7) is 0.368. The highest BCUT2D eigenvalue weighted by Crippen LogP contribution is 2.33. The van der Waals surface area contributed by atoms with Crippen molar-refractivity contribution in [3.05, 3.63) is 76.6 Å². The molecule has 0 aliphatic heterocycles. The first-order chi connectivity index (χ1) is 14.6. The van der Waals surface area contributed by atoms with Crippen molar-refractivity contribution in [2.24, 2.45) is 0 Å². The van der Waals surface area contributed by atoms with Crippen LogP contribution in [-0.2, 0) is 6.61 Å². The zero-order valence-electron chi connectivity index (χ0n) is 15.4. The molecule has 5 rings (SSSR count). The van der Waals surface area contributed by atoms with Crippen LogP contribution < -0.4 is 4.74 Å². The molecule has 0 saturated carbocycles. The molecule has 8 heteroatoms. The number of ether oxygens (including phenoxy) is 1. The first-order valence-electron chi connectivity index (χ1n) is 9.04. The summed E-state index contributed by atoms with van der Waals surface area (Å²) < 4.78 is 19.4. The first-order valence-corrected chi connectivity index (χ1v) is 9.98. The van der Waals surface area contributed by atoms with Gasteiger partial charge >= 0.3 is 5.97 Å². The minimum atomic E-state index is -1.13. The van der Waals surface area contributed by atoms with E-state index in [-0.39, 0.29) is 11.5 Å². The van der Waals surface area contributed by atoms with Gasteiger partial charge in [-0.2, -0.15) is 0 Å². The monoisotopic (exact) mass is 419 g/mol. The second kappa shape index (κ2) is 7.23. The summed E-state index contributed by atoms with van der Waals surface area (Å²) in [6, 6.07) is 13.1. The summed E-state index contributed by atoms with van der Waals surface area (Å²) in [6.07, 6.45) is 0. The third-order valence-corrected chi connectivity index (χ3v) is 5.40. The third-order valence-electron chi connectivity index (χ3n) is 4.77. The standard InChI is InChI=1S/C22H14FN3O3S/c23-13-3-6-16-17-8-19(22(27)28)26-20(21(17)25-18(16)7-13)12-1-4-15(5-2-12)29-9-14-10-30-11-24-14/h1-8,10-11,25H,9H2,(H,27,28). The van der Waals surface area contributed by atoms with Gasteiger partial charge in [-0.15, -0.1) is 11.3 Å². The van der Waals surface area contributed by atoms with Crippen LogP contribution >= 0.6 is 11.3 Å². The van der Waals surface area contributed by atoms with E-state index in [9.17, 15) is 14.3 Å². The highest BCUT2D eigenvalue weighted by molar-refractivity contribution is 7.07. The Morgan fingerprint density at radius 2 is 1.97 bits per heavy atom. The van der Waals surface area contributed by atoms with Crippen LogP contribution in [-0.4, -0.2) is 26.0 Å². The lowest BCUT2D eigenvalue weighted by molar-refractivity contribution is 0.0691. The molecular formula is C22H14FN3O3S. The SMILES string of the molecule is O=C(O)c1cc2c([nH]c3cc(F)ccc32)c(-c2ccc(OCc3cscn3)cc2)n1. The van der Waals surface area contributed by atoms with Crippen molar-refractivity contribution in [3.63, 3.8) is 0 Å².